The third-order valence-electron chi connectivity index (χ3n) is 1.97. The van der Waals surface area contributed by atoms with Crippen molar-refractivity contribution < 1.29 is 15.0 Å². The Bertz CT molecular complexity index is 347. The molecule has 0 saturated carbocycles. The molecule has 0 aliphatic heterocycles. The van der Waals surface area contributed by atoms with E-state index in [-0.39, 0.29) is 6.42 Å². The average Bonchev–Trinajstić information content (AvgIpc) is 2.02. The van der Waals surface area contributed by atoms with Gasteiger partial charge in [0.1, 0.15) is 0 Å². The van der Waals surface area contributed by atoms with Crippen LogP contribution in [0, 0.1) is 6.92 Å². The molecule has 14 heavy (non-hydrogen) atoms. The van der Waals surface area contributed by atoms with Gasteiger partial charge in [0.25, 0.3) is 0 Å². The van der Waals surface area contributed by atoms with Gasteiger partial charge < -0.3 is 10.2 Å². The van der Waals surface area contributed by atoms with Crippen LogP contribution in [0.25, 0.3) is 0 Å². The van der Waals surface area contributed by atoms with Gasteiger partial charge in [0.15, 0.2) is 5.60 Å². The standard InChI is InChI=1S/C10H13NO3/c1-7-5-8(3-4-11-7)6-10(2,14)9(12)13/h3-5,14H,6H2,1-2H3,(H,12,13). The quantitative estimate of drug-likeness (QED) is 0.747. The van der Waals surface area contributed by atoms with Crippen LogP contribution in [-0.4, -0.2) is 26.8 Å². The largest absolute Gasteiger partial charge is 0.479 e. The van der Waals surface area contributed by atoms with E-state index in [1.54, 1.807) is 18.3 Å². The minimum absolute atomic E-state index is 0.0890. The summed E-state index contributed by atoms with van der Waals surface area (Å²) in [4.78, 5) is 14.6. The Morgan fingerprint density at radius 3 is 2.79 bits per heavy atom. The normalized spacial score (nSPS) is 14.8. The van der Waals surface area contributed by atoms with E-state index < -0.39 is 11.6 Å². The van der Waals surface area contributed by atoms with E-state index in [0.717, 1.165) is 11.3 Å². The van der Waals surface area contributed by atoms with Gasteiger partial charge in [0.05, 0.1) is 0 Å². The van der Waals surface area contributed by atoms with E-state index in [4.69, 9.17) is 5.11 Å². The van der Waals surface area contributed by atoms with Crippen molar-refractivity contribution in [3.05, 3.63) is 29.6 Å². The molecule has 0 fully saturated rings. The molecule has 0 saturated heterocycles. The Balaban J connectivity index is 2.83. The Kier molecular flexibility index (Phi) is 2.86. The van der Waals surface area contributed by atoms with Crippen molar-refractivity contribution >= 4 is 5.97 Å². The molecule has 0 aromatic carbocycles. The Hall–Kier alpha value is -1.42. The minimum Gasteiger partial charge on any atom is -0.479 e. The maximum atomic E-state index is 10.6. The predicted octanol–water partition coefficient (Wildman–Crippen LogP) is 0.768. The first-order chi connectivity index (χ1) is 6.42. The fourth-order valence-corrected chi connectivity index (χ4v) is 1.19. The van der Waals surface area contributed by atoms with Crippen LogP contribution in [0.15, 0.2) is 18.3 Å². The summed E-state index contributed by atoms with van der Waals surface area (Å²) in [5.74, 6) is -1.22. The summed E-state index contributed by atoms with van der Waals surface area (Å²) in [6, 6.07) is 3.46. The number of carboxylic acids is 1. The number of pyridine rings is 1. The smallest absolute Gasteiger partial charge is 0.335 e. The highest BCUT2D eigenvalue weighted by Crippen LogP contribution is 2.13. The molecule has 1 aromatic rings. The summed E-state index contributed by atoms with van der Waals surface area (Å²) in [5, 5.41) is 18.2. The highest BCUT2D eigenvalue weighted by molar-refractivity contribution is 5.76. The summed E-state index contributed by atoms with van der Waals surface area (Å²) in [7, 11) is 0. The van der Waals surface area contributed by atoms with E-state index in [0.29, 0.717) is 0 Å². The lowest BCUT2D eigenvalue weighted by Gasteiger charge is -2.17. The molecular weight excluding hydrogens is 182 g/mol. The van der Waals surface area contributed by atoms with Crippen LogP contribution < -0.4 is 0 Å². The van der Waals surface area contributed by atoms with Crippen LogP contribution in [0.3, 0.4) is 0 Å². The first kappa shape index (κ1) is 10.7. The molecule has 0 bridgehead atoms. The Morgan fingerprint density at radius 1 is 1.64 bits per heavy atom. The van der Waals surface area contributed by atoms with Crippen LogP contribution >= 0.6 is 0 Å². The molecule has 0 aliphatic rings. The number of carboxylic acid groups (broad SMARTS) is 1. The molecule has 1 unspecified atom stereocenters. The van der Waals surface area contributed by atoms with Crippen LogP contribution in [0.5, 0.6) is 0 Å². The zero-order chi connectivity index (χ0) is 10.8. The number of aliphatic carboxylic acids is 1. The van der Waals surface area contributed by atoms with Crippen molar-refractivity contribution in [1.82, 2.24) is 4.98 Å². The fraction of sp³-hybridized carbons (Fsp3) is 0.400. The molecule has 1 rings (SSSR count). The van der Waals surface area contributed by atoms with Gasteiger partial charge in [0.2, 0.25) is 0 Å². The lowest BCUT2D eigenvalue weighted by atomic mass is 9.97. The average molecular weight is 195 g/mol. The second kappa shape index (κ2) is 3.75. The van der Waals surface area contributed by atoms with E-state index in [2.05, 4.69) is 4.98 Å². The molecule has 1 aromatic heterocycles. The van der Waals surface area contributed by atoms with Crippen molar-refractivity contribution in [3.63, 3.8) is 0 Å². The molecule has 1 heterocycles. The molecule has 0 aliphatic carbocycles. The molecule has 0 spiro atoms. The van der Waals surface area contributed by atoms with Gasteiger partial charge in [-0.3, -0.25) is 4.98 Å². The second-order valence-corrected chi connectivity index (χ2v) is 3.56. The lowest BCUT2D eigenvalue weighted by molar-refractivity contribution is -0.156. The summed E-state index contributed by atoms with van der Waals surface area (Å²) in [6.07, 6.45) is 1.69. The number of hydrogen-bond donors (Lipinski definition) is 2. The van der Waals surface area contributed by atoms with Gasteiger partial charge in [-0.25, -0.2) is 4.79 Å². The third kappa shape index (κ3) is 2.53. The summed E-state index contributed by atoms with van der Waals surface area (Å²) >= 11 is 0. The van der Waals surface area contributed by atoms with Crippen molar-refractivity contribution in [3.8, 4) is 0 Å². The number of nitrogens with zero attached hydrogens (tertiary/aromatic N) is 1. The maximum absolute atomic E-state index is 10.6. The van der Waals surface area contributed by atoms with E-state index >= 15 is 0 Å². The molecule has 4 nitrogen and oxygen atoms in total. The van der Waals surface area contributed by atoms with Crippen molar-refractivity contribution in [1.29, 1.82) is 0 Å². The van der Waals surface area contributed by atoms with Gasteiger partial charge in [-0.1, -0.05) is 0 Å². The summed E-state index contributed by atoms with van der Waals surface area (Å²) in [6.45, 7) is 3.10. The molecule has 2 N–H and O–H groups in total. The third-order valence-corrected chi connectivity index (χ3v) is 1.97. The summed E-state index contributed by atoms with van der Waals surface area (Å²) in [5.41, 5.74) is -0.137. The van der Waals surface area contributed by atoms with Gasteiger partial charge >= 0.3 is 5.97 Å². The second-order valence-electron chi connectivity index (χ2n) is 3.56. The molecule has 1 atom stereocenters. The van der Waals surface area contributed by atoms with Gasteiger partial charge in [0, 0.05) is 18.3 Å². The van der Waals surface area contributed by atoms with Gasteiger partial charge in [-0.05, 0) is 31.5 Å². The number of hydrogen-bond acceptors (Lipinski definition) is 3. The van der Waals surface area contributed by atoms with Crippen LogP contribution in [-0.2, 0) is 11.2 Å². The van der Waals surface area contributed by atoms with E-state index in [1.807, 2.05) is 6.92 Å². The number of rotatable bonds is 3. The van der Waals surface area contributed by atoms with Gasteiger partial charge in [-0.15, -0.1) is 0 Å². The van der Waals surface area contributed by atoms with Crippen molar-refractivity contribution in [2.45, 2.75) is 25.9 Å². The molecule has 76 valence electrons. The maximum Gasteiger partial charge on any atom is 0.335 e. The van der Waals surface area contributed by atoms with Crippen LogP contribution in [0.1, 0.15) is 18.2 Å². The minimum atomic E-state index is -1.71. The molecular formula is C10H13NO3. The number of aliphatic hydroxyl groups is 1. The first-order valence-corrected chi connectivity index (χ1v) is 4.29. The number of aromatic nitrogens is 1. The van der Waals surface area contributed by atoms with Crippen molar-refractivity contribution in [2.75, 3.05) is 0 Å². The Labute approximate surface area is 82.2 Å². The summed E-state index contributed by atoms with van der Waals surface area (Å²) < 4.78 is 0. The topological polar surface area (TPSA) is 70.4 Å². The molecule has 0 amide bonds. The monoisotopic (exact) mass is 195 g/mol. The zero-order valence-corrected chi connectivity index (χ0v) is 8.19. The number of aryl methyl sites for hydroxylation is 1. The van der Waals surface area contributed by atoms with E-state index in [1.165, 1.54) is 6.92 Å². The molecule has 0 radical (unpaired) electrons. The highest BCUT2D eigenvalue weighted by atomic mass is 16.4. The lowest BCUT2D eigenvalue weighted by Crippen LogP contribution is -2.37. The fourth-order valence-electron chi connectivity index (χ4n) is 1.19. The predicted molar refractivity (Wildman–Crippen MR) is 50.9 cm³/mol. The highest BCUT2D eigenvalue weighted by Gasteiger charge is 2.29. The zero-order valence-electron chi connectivity index (χ0n) is 8.19. The van der Waals surface area contributed by atoms with Gasteiger partial charge in [-0.2, -0.15) is 0 Å². The van der Waals surface area contributed by atoms with Crippen LogP contribution in [0.4, 0.5) is 0 Å². The number of carbonyl (C=O) groups is 1. The van der Waals surface area contributed by atoms with Crippen LogP contribution in [0.2, 0.25) is 0 Å². The SMILES string of the molecule is Cc1cc(CC(C)(O)C(=O)O)ccn1. The van der Waals surface area contributed by atoms with Crippen molar-refractivity contribution in [2.24, 2.45) is 0 Å². The molecule has 4 heteroatoms. The Morgan fingerprint density at radius 2 is 2.29 bits per heavy atom. The van der Waals surface area contributed by atoms with E-state index in [9.17, 15) is 9.90 Å². The first-order valence-electron chi connectivity index (χ1n) is 4.29.